The number of piperidine rings is 1. The monoisotopic (exact) mass is 462 g/mol. The van der Waals surface area contributed by atoms with Crippen molar-refractivity contribution in [2.75, 3.05) is 23.7 Å². The first-order valence-electron chi connectivity index (χ1n) is 11.2. The molecule has 33 heavy (non-hydrogen) atoms. The van der Waals surface area contributed by atoms with Gasteiger partial charge in [-0.25, -0.2) is 4.79 Å². The Bertz CT molecular complexity index is 928. The first-order chi connectivity index (χ1) is 15.4. The van der Waals surface area contributed by atoms with Gasteiger partial charge < -0.3 is 30.2 Å². The Labute approximate surface area is 194 Å². The second kappa shape index (κ2) is 9.44. The molecule has 10 heteroatoms. The Kier molecular flexibility index (Phi) is 7.04. The van der Waals surface area contributed by atoms with Gasteiger partial charge in [-0.15, -0.1) is 0 Å². The van der Waals surface area contributed by atoms with Crippen molar-refractivity contribution < 1.29 is 28.6 Å². The quantitative estimate of drug-likeness (QED) is 0.511. The molecule has 1 fully saturated rings. The molecule has 1 aliphatic heterocycles. The predicted octanol–water partition coefficient (Wildman–Crippen LogP) is 2.50. The van der Waals surface area contributed by atoms with Gasteiger partial charge in [0.25, 0.3) is 0 Å². The number of anilines is 2. The van der Waals surface area contributed by atoms with Crippen LogP contribution >= 0.6 is 0 Å². The van der Waals surface area contributed by atoms with Crippen LogP contribution in [0.25, 0.3) is 0 Å². The Morgan fingerprint density at radius 2 is 1.82 bits per heavy atom. The van der Waals surface area contributed by atoms with Gasteiger partial charge in [-0.05, 0) is 33.6 Å². The molecule has 0 spiro atoms. The average molecular weight is 463 g/mol. The number of amides is 1. The molecule has 2 aliphatic rings. The highest BCUT2D eigenvalue weighted by Crippen LogP contribution is 2.42. The Morgan fingerprint density at radius 1 is 1.15 bits per heavy atom. The molecule has 0 saturated carbocycles. The van der Waals surface area contributed by atoms with Gasteiger partial charge in [0, 0.05) is 38.4 Å². The van der Waals surface area contributed by atoms with Gasteiger partial charge in [0.15, 0.2) is 0 Å². The molecule has 1 saturated heterocycles. The second-order valence-corrected chi connectivity index (χ2v) is 9.77. The van der Waals surface area contributed by atoms with E-state index in [0.717, 1.165) is 11.3 Å². The third-order valence-corrected chi connectivity index (χ3v) is 5.68. The largest absolute Gasteiger partial charge is 0.460 e. The first kappa shape index (κ1) is 24.6. The summed E-state index contributed by atoms with van der Waals surface area (Å²) in [6, 6.07) is -0.513. The van der Waals surface area contributed by atoms with Crippen molar-refractivity contribution in [3.8, 4) is 0 Å². The maximum absolute atomic E-state index is 12.5. The van der Waals surface area contributed by atoms with Crippen LogP contribution in [0, 0.1) is 5.92 Å². The van der Waals surface area contributed by atoms with Crippen molar-refractivity contribution in [1.29, 1.82) is 0 Å². The molecular weight excluding hydrogens is 428 g/mol. The Morgan fingerprint density at radius 3 is 2.42 bits per heavy atom. The smallest absolute Gasteiger partial charge is 0.408 e. The summed E-state index contributed by atoms with van der Waals surface area (Å²) in [5.41, 5.74) is 8.66. The highest BCUT2D eigenvalue weighted by Gasteiger charge is 2.41. The number of carbonyl (C=O) groups excluding carboxylic acids is 3. The van der Waals surface area contributed by atoms with Gasteiger partial charge >= 0.3 is 18.0 Å². The maximum Gasteiger partial charge on any atom is 0.408 e. The zero-order chi connectivity index (χ0) is 24.5. The fraction of sp³-hybridized carbons (Fsp3) is 0.652. The lowest BCUT2D eigenvalue weighted by Gasteiger charge is -2.44. The lowest BCUT2D eigenvalue weighted by Crippen LogP contribution is -2.60. The maximum atomic E-state index is 12.5. The van der Waals surface area contributed by atoms with Crippen molar-refractivity contribution in [2.24, 2.45) is 5.92 Å². The van der Waals surface area contributed by atoms with Crippen molar-refractivity contribution >= 4 is 29.4 Å². The third kappa shape index (κ3) is 5.85. The molecular formula is C23H34N4O6. The van der Waals surface area contributed by atoms with Gasteiger partial charge in [0.05, 0.1) is 29.3 Å². The van der Waals surface area contributed by atoms with Crippen LogP contribution in [-0.2, 0) is 30.2 Å². The van der Waals surface area contributed by atoms with Gasteiger partial charge in [0.2, 0.25) is 0 Å². The molecule has 1 amide bonds. The Balaban J connectivity index is 1.90. The number of esters is 2. The van der Waals surface area contributed by atoms with Crippen LogP contribution in [0.2, 0.25) is 0 Å². The molecule has 2 heterocycles. The van der Waals surface area contributed by atoms with Gasteiger partial charge in [-0.1, -0.05) is 6.92 Å². The van der Waals surface area contributed by atoms with Gasteiger partial charge in [-0.3, -0.25) is 14.6 Å². The molecule has 0 bridgehead atoms. The van der Waals surface area contributed by atoms with E-state index in [1.165, 1.54) is 13.8 Å². The lowest BCUT2D eigenvalue weighted by atomic mass is 9.91. The molecule has 4 atom stereocenters. The third-order valence-electron chi connectivity index (χ3n) is 5.68. The minimum absolute atomic E-state index is 0.100. The molecule has 0 radical (unpaired) electrons. The highest BCUT2D eigenvalue weighted by atomic mass is 16.6. The number of nitrogens with two attached hydrogens (primary N) is 1. The summed E-state index contributed by atoms with van der Waals surface area (Å²) in [6.07, 6.45) is 1.39. The summed E-state index contributed by atoms with van der Waals surface area (Å²) in [4.78, 5) is 42.3. The number of fused-ring (bicyclic) bond motifs is 1. The molecule has 3 rings (SSSR count). The zero-order valence-electron chi connectivity index (χ0n) is 20.1. The number of nitrogens with one attached hydrogen (secondary N) is 1. The summed E-state index contributed by atoms with van der Waals surface area (Å²) in [5, 5.41) is 2.88. The van der Waals surface area contributed by atoms with Crippen LogP contribution in [0.3, 0.4) is 0 Å². The number of alkyl carbamates (subject to hydrolysis) is 1. The molecule has 1 aromatic rings. The Hall–Kier alpha value is -3.04. The number of hydrogen-bond acceptors (Lipinski definition) is 9. The number of rotatable bonds is 4. The molecule has 10 nitrogen and oxygen atoms in total. The SMILES string of the molecule is CC(=O)OC1CCc2c1ncc(N)c2N1C[C@H](C)[C@@H](OC(C)=O)[C@H](NC(=O)OC(C)(C)C)C1. The first-order valence-corrected chi connectivity index (χ1v) is 11.2. The number of nitrogens with zero attached hydrogens (tertiary/aromatic N) is 2. The van der Waals surface area contributed by atoms with Crippen LogP contribution in [0.4, 0.5) is 16.2 Å². The van der Waals surface area contributed by atoms with E-state index in [1.807, 2.05) is 6.92 Å². The number of aromatic nitrogens is 1. The number of hydrogen-bond donors (Lipinski definition) is 2. The van der Waals surface area contributed by atoms with E-state index in [2.05, 4.69) is 15.2 Å². The van der Waals surface area contributed by atoms with Crippen molar-refractivity contribution in [3.05, 3.63) is 17.5 Å². The minimum atomic E-state index is -0.664. The topological polar surface area (TPSA) is 133 Å². The summed E-state index contributed by atoms with van der Waals surface area (Å²) in [5.74, 6) is -0.869. The molecule has 1 aliphatic carbocycles. The molecule has 182 valence electrons. The fourth-order valence-corrected chi connectivity index (χ4v) is 4.62. The van der Waals surface area contributed by atoms with Gasteiger partial charge in [-0.2, -0.15) is 0 Å². The second-order valence-electron chi connectivity index (χ2n) is 9.77. The zero-order valence-corrected chi connectivity index (χ0v) is 20.1. The van der Waals surface area contributed by atoms with E-state index >= 15 is 0 Å². The van der Waals surface area contributed by atoms with Crippen LogP contribution in [0.1, 0.15) is 65.3 Å². The van der Waals surface area contributed by atoms with Crippen LogP contribution in [0.15, 0.2) is 6.20 Å². The summed E-state index contributed by atoms with van der Waals surface area (Å²) in [6.45, 7) is 11.0. The van der Waals surface area contributed by atoms with E-state index < -0.39 is 35.9 Å². The van der Waals surface area contributed by atoms with E-state index in [4.69, 9.17) is 19.9 Å². The van der Waals surface area contributed by atoms with Crippen molar-refractivity contribution in [2.45, 2.75) is 78.2 Å². The molecule has 0 aromatic carbocycles. The van der Waals surface area contributed by atoms with E-state index in [0.29, 0.717) is 37.3 Å². The van der Waals surface area contributed by atoms with E-state index in [1.54, 1.807) is 27.0 Å². The number of ether oxygens (including phenoxy) is 3. The van der Waals surface area contributed by atoms with Crippen molar-refractivity contribution in [3.63, 3.8) is 0 Å². The summed E-state index contributed by atoms with van der Waals surface area (Å²) in [7, 11) is 0. The van der Waals surface area contributed by atoms with Crippen LogP contribution in [0.5, 0.6) is 0 Å². The average Bonchev–Trinajstić information content (AvgIpc) is 3.04. The normalized spacial score (nSPS) is 24.6. The highest BCUT2D eigenvalue weighted by molar-refractivity contribution is 5.74. The molecule has 3 N–H and O–H groups in total. The number of pyridine rings is 1. The summed E-state index contributed by atoms with van der Waals surface area (Å²) >= 11 is 0. The van der Waals surface area contributed by atoms with Crippen LogP contribution < -0.4 is 16.0 Å². The van der Waals surface area contributed by atoms with Crippen molar-refractivity contribution in [1.82, 2.24) is 10.3 Å². The number of carbonyl (C=O) groups is 3. The van der Waals surface area contributed by atoms with Gasteiger partial charge in [0.1, 0.15) is 17.8 Å². The standard InChI is InChI=1S/C23H34N4O6/c1-12-10-27(11-17(21(12)32-14(3)29)26-22(30)33-23(4,5)6)20-15-7-8-18(31-13(2)28)19(15)25-9-16(20)24/h9,12,17-18,21H,7-8,10-11,24H2,1-6H3,(H,26,30)/t12-,17+,18?,21+/m0/s1. The van der Waals surface area contributed by atoms with Crippen LogP contribution in [-0.4, -0.2) is 53.9 Å². The predicted molar refractivity (Wildman–Crippen MR) is 122 cm³/mol. The minimum Gasteiger partial charge on any atom is -0.460 e. The molecule has 1 aromatic heterocycles. The number of nitrogen functional groups attached to an aromatic ring is 1. The van der Waals surface area contributed by atoms with E-state index in [9.17, 15) is 14.4 Å². The molecule has 1 unspecified atom stereocenters. The lowest BCUT2D eigenvalue weighted by molar-refractivity contribution is -0.151. The fourth-order valence-electron chi connectivity index (χ4n) is 4.62. The summed E-state index contributed by atoms with van der Waals surface area (Å²) < 4.78 is 16.4. The van der Waals surface area contributed by atoms with E-state index in [-0.39, 0.29) is 11.9 Å².